The molecule has 1 aliphatic heterocycles. The molecule has 1 amide bonds. The molecule has 0 saturated carbocycles. The Morgan fingerprint density at radius 2 is 1.92 bits per heavy atom. The smallest absolute Gasteiger partial charge is 0.410 e. The van der Waals surface area contributed by atoms with Gasteiger partial charge in [0.25, 0.3) is 0 Å². The number of aromatic nitrogens is 2. The predicted octanol–water partition coefficient (Wildman–Crippen LogP) is 2.69. The summed E-state index contributed by atoms with van der Waals surface area (Å²) in [7, 11) is 3.21. The first-order valence-corrected chi connectivity index (χ1v) is 8.22. The Morgan fingerprint density at radius 3 is 2.52 bits per heavy atom. The van der Waals surface area contributed by atoms with E-state index < -0.39 is 5.60 Å². The number of benzene rings is 1. The Morgan fingerprint density at radius 1 is 1.24 bits per heavy atom. The summed E-state index contributed by atoms with van der Waals surface area (Å²) in [5, 5.41) is 5.58. The van der Waals surface area contributed by atoms with Gasteiger partial charge in [0.05, 0.1) is 23.9 Å². The zero-order valence-corrected chi connectivity index (χ0v) is 15.2. The van der Waals surface area contributed by atoms with Crippen molar-refractivity contribution in [1.29, 1.82) is 0 Å². The summed E-state index contributed by atoms with van der Waals surface area (Å²) in [6.45, 7) is 6.73. The number of carbonyl (C=O) groups is 2. The van der Waals surface area contributed by atoms with Crippen molar-refractivity contribution >= 4 is 23.0 Å². The summed E-state index contributed by atoms with van der Waals surface area (Å²) in [6.07, 6.45) is -0.294. The third kappa shape index (κ3) is 3.31. The maximum Gasteiger partial charge on any atom is 0.410 e. The van der Waals surface area contributed by atoms with Crippen molar-refractivity contribution in [3.05, 3.63) is 29.5 Å². The molecule has 1 aromatic heterocycles. The number of rotatable bonds is 2. The molecule has 25 heavy (non-hydrogen) atoms. The molecule has 3 rings (SSSR count). The molecule has 2 heterocycles. The maximum atomic E-state index is 12.1. The number of fused-ring (bicyclic) bond motifs is 1. The van der Waals surface area contributed by atoms with Crippen LogP contribution < -0.4 is 0 Å². The lowest BCUT2D eigenvalue weighted by Gasteiger charge is -2.39. The van der Waals surface area contributed by atoms with Gasteiger partial charge in [-0.15, -0.1) is 0 Å². The van der Waals surface area contributed by atoms with Crippen molar-refractivity contribution in [2.75, 3.05) is 20.2 Å². The number of aryl methyl sites for hydroxylation is 1. The highest BCUT2D eigenvalue weighted by Gasteiger charge is 2.37. The van der Waals surface area contributed by atoms with Crippen molar-refractivity contribution < 1.29 is 19.1 Å². The molecule has 0 unspecified atom stereocenters. The van der Waals surface area contributed by atoms with Crippen molar-refractivity contribution in [3.8, 4) is 0 Å². The zero-order chi connectivity index (χ0) is 18.4. The van der Waals surface area contributed by atoms with Crippen LogP contribution in [-0.4, -0.2) is 52.5 Å². The van der Waals surface area contributed by atoms with Crippen LogP contribution in [0.2, 0.25) is 0 Å². The molecule has 7 heteroatoms. The summed E-state index contributed by atoms with van der Waals surface area (Å²) in [5.41, 5.74) is 1.81. The summed E-state index contributed by atoms with van der Waals surface area (Å²) < 4.78 is 11.9. The van der Waals surface area contributed by atoms with E-state index >= 15 is 0 Å². The van der Waals surface area contributed by atoms with E-state index in [4.69, 9.17) is 9.47 Å². The molecular formula is C18H23N3O4. The van der Waals surface area contributed by atoms with Gasteiger partial charge in [-0.05, 0) is 32.9 Å². The van der Waals surface area contributed by atoms with Crippen LogP contribution in [0.4, 0.5) is 4.79 Å². The fourth-order valence-electron chi connectivity index (χ4n) is 2.96. The molecule has 134 valence electrons. The molecule has 0 aliphatic carbocycles. The zero-order valence-electron chi connectivity index (χ0n) is 15.2. The van der Waals surface area contributed by atoms with E-state index in [2.05, 4.69) is 5.10 Å². The second kappa shape index (κ2) is 6.06. The molecular weight excluding hydrogens is 322 g/mol. The van der Waals surface area contributed by atoms with E-state index in [1.165, 1.54) is 7.11 Å². The van der Waals surface area contributed by atoms with Crippen LogP contribution in [0, 0.1) is 0 Å². The SMILES string of the molecule is COC(=O)c1ccc2c(C3CN(C(=O)OC(C)(C)C)C3)nn(C)c2c1. The lowest BCUT2D eigenvalue weighted by Crippen LogP contribution is -2.50. The van der Waals surface area contributed by atoms with Crippen LogP contribution in [0.5, 0.6) is 0 Å². The van der Waals surface area contributed by atoms with Crippen LogP contribution in [0.15, 0.2) is 18.2 Å². The molecule has 1 aliphatic rings. The highest BCUT2D eigenvalue weighted by Crippen LogP contribution is 2.32. The topological polar surface area (TPSA) is 73.7 Å². The first-order chi connectivity index (χ1) is 11.7. The van der Waals surface area contributed by atoms with E-state index in [0.717, 1.165) is 16.6 Å². The Labute approximate surface area is 146 Å². The lowest BCUT2D eigenvalue weighted by atomic mass is 9.94. The first-order valence-electron chi connectivity index (χ1n) is 8.22. The number of likely N-dealkylation sites (tertiary alicyclic amines) is 1. The van der Waals surface area contributed by atoms with Gasteiger partial charge >= 0.3 is 12.1 Å². The van der Waals surface area contributed by atoms with Crippen LogP contribution >= 0.6 is 0 Å². The minimum atomic E-state index is -0.496. The minimum absolute atomic E-state index is 0.167. The molecule has 0 atom stereocenters. The second-order valence-electron chi connectivity index (χ2n) is 7.31. The number of amides is 1. The summed E-state index contributed by atoms with van der Waals surface area (Å²) in [4.78, 5) is 25.4. The molecule has 7 nitrogen and oxygen atoms in total. The number of hydrogen-bond donors (Lipinski definition) is 0. The second-order valence-corrected chi connectivity index (χ2v) is 7.31. The number of esters is 1. The molecule has 1 saturated heterocycles. The fourth-order valence-corrected chi connectivity index (χ4v) is 2.96. The van der Waals surface area contributed by atoms with Gasteiger partial charge in [0.1, 0.15) is 5.60 Å². The van der Waals surface area contributed by atoms with E-state index in [0.29, 0.717) is 18.7 Å². The van der Waals surface area contributed by atoms with Gasteiger partial charge in [-0.2, -0.15) is 5.10 Å². The van der Waals surface area contributed by atoms with E-state index in [-0.39, 0.29) is 18.0 Å². The predicted molar refractivity (Wildman–Crippen MR) is 92.6 cm³/mol. The average Bonchev–Trinajstić information content (AvgIpc) is 2.80. The van der Waals surface area contributed by atoms with Gasteiger partial charge < -0.3 is 14.4 Å². The van der Waals surface area contributed by atoms with Gasteiger partial charge in [-0.25, -0.2) is 9.59 Å². The Hall–Kier alpha value is -2.57. The van der Waals surface area contributed by atoms with E-state index in [9.17, 15) is 9.59 Å². The van der Waals surface area contributed by atoms with Crippen LogP contribution in [0.3, 0.4) is 0 Å². The van der Waals surface area contributed by atoms with E-state index in [1.54, 1.807) is 21.7 Å². The third-order valence-electron chi connectivity index (χ3n) is 4.22. The van der Waals surface area contributed by atoms with Gasteiger partial charge in [0.15, 0.2) is 0 Å². The third-order valence-corrected chi connectivity index (χ3v) is 4.22. The molecule has 1 fully saturated rings. The van der Waals surface area contributed by atoms with Crippen molar-refractivity contribution in [2.45, 2.75) is 32.3 Å². The number of hydrogen-bond acceptors (Lipinski definition) is 5. The number of carbonyl (C=O) groups excluding carboxylic acids is 2. The quantitative estimate of drug-likeness (QED) is 0.783. The Bertz CT molecular complexity index is 829. The molecule has 0 bridgehead atoms. The highest BCUT2D eigenvalue weighted by molar-refractivity contribution is 5.95. The summed E-state index contributed by atoms with van der Waals surface area (Å²) in [6, 6.07) is 5.41. The number of nitrogens with zero attached hydrogens (tertiary/aromatic N) is 3. The monoisotopic (exact) mass is 345 g/mol. The molecule has 2 aromatic rings. The van der Waals surface area contributed by atoms with Crippen molar-refractivity contribution in [3.63, 3.8) is 0 Å². The maximum absolute atomic E-state index is 12.1. The molecule has 0 spiro atoms. The van der Waals surface area contributed by atoms with Gasteiger partial charge in [-0.1, -0.05) is 6.07 Å². The van der Waals surface area contributed by atoms with Crippen molar-refractivity contribution in [1.82, 2.24) is 14.7 Å². The Kier molecular flexibility index (Phi) is 4.18. The normalized spacial score (nSPS) is 15.2. The first kappa shape index (κ1) is 17.3. The van der Waals surface area contributed by atoms with Crippen LogP contribution in [-0.2, 0) is 16.5 Å². The largest absolute Gasteiger partial charge is 0.465 e. The number of ether oxygens (including phenoxy) is 2. The molecule has 0 N–H and O–H groups in total. The van der Waals surface area contributed by atoms with E-state index in [1.807, 2.05) is 33.9 Å². The minimum Gasteiger partial charge on any atom is -0.465 e. The number of methoxy groups -OCH3 is 1. The summed E-state index contributed by atoms with van der Waals surface area (Å²) in [5.74, 6) is -0.204. The van der Waals surface area contributed by atoms with Gasteiger partial charge in [0, 0.05) is 31.4 Å². The fraction of sp³-hybridized carbons (Fsp3) is 0.500. The van der Waals surface area contributed by atoms with Crippen LogP contribution in [0.1, 0.15) is 42.7 Å². The van der Waals surface area contributed by atoms with Crippen LogP contribution in [0.25, 0.3) is 10.9 Å². The van der Waals surface area contributed by atoms with Gasteiger partial charge in [0.2, 0.25) is 0 Å². The highest BCUT2D eigenvalue weighted by atomic mass is 16.6. The molecule has 1 aromatic carbocycles. The van der Waals surface area contributed by atoms with Crippen molar-refractivity contribution in [2.24, 2.45) is 7.05 Å². The molecule has 0 radical (unpaired) electrons. The summed E-state index contributed by atoms with van der Waals surface area (Å²) >= 11 is 0. The van der Waals surface area contributed by atoms with Gasteiger partial charge in [-0.3, -0.25) is 4.68 Å². The standard InChI is InChI=1S/C18H23N3O4/c1-18(2,3)25-17(23)21-9-12(10-21)15-13-7-6-11(16(22)24-5)8-14(13)20(4)19-15/h6-8,12H,9-10H2,1-5H3. The Balaban J connectivity index is 1.78. The average molecular weight is 345 g/mol. The lowest BCUT2D eigenvalue weighted by molar-refractivity contribution is 0.00792.